The minimum absolute atomic E-state index is 0.0208. The number of esters is 1. The predicted molar refractivity (Wildman–Crippen MR) is 118 cm³/mol. The Bertz CT molecular complexity index is 1070. The van der Waals surface area contributed by atoms with E-state index in [1.807, 2.05) is 12.2 Å². The summed E-state index contributed by atoms with van der Waals surface area (Å²) in [6.45, 7) is 5.04. The van der Waals surface area contributed by atoms with E-state index in [-0.39, 0.29) is 53.9 Å². The summed E-state index contributed by atoms with van der Waals surface area (Å²) < 4.78 is 16.0. The Kier molecular flexibility index (Phi) is 6.36. The van der Waals surface area contributed by atoms with Gasteiger partial charge in [-0.1, -0.05) is 12.2 Å². The molecule has 0 aromatic heterocycles. The third-order valence-corrected chi connectivity index (χ3v) is 6.24. The number of hydrogen-bond acceptors (Lipinski definition) is 9. The zero-order valence-electron chi connectivity index (χ0n) is 19.0. The summed E-state index contributed by atoms with van der Waals surface area (Å²) >= 11 is 0. The number of carbonyl (C=O) groups excluding carboxylic acids is 3. The molecule has 11 nitrogen and oxygen atoms in total. The number of imide groups is 1. The second kappa shape index (κ2) is 9.24. The van der Waals surface area contributed by atoms with E-state index in [2.05, 4.69) is 5.10 Å². The summed E-state index contributed by atoms with van der Waals surface area (Å²) in [4.78, 5) is 48.7. The number of hydrogen-bond donors (Lipinski definition) is 0. The van der Waals surface area contributed by atoms with Crippen LogP contribution < -0.4 is 9.47 Å². The lowest BCUT2D eigenvalue weighted by atomic mass is 9.85. The SMILES string of the molecule is CCOC(=O)[C@H](C)Oc1c(OCC)cc(C=NN2C(=O)[C@@H]3[C@H](C2=O)[C@H]2C=C[C@H]3C2)cc1[N+](=O)[O-]. The molecule has 3 aliphatic rings. The fourth-order valence-electron chi connectivity index (χ4n) is 4.81. The Balaban J connectivity index is 1.62. The molecule has 0 unspecified atom stereocenters. The molecule has 180 valence electrons. The van der Waals surface area contributed by atoms with Crippen molar-refractivity contribution in [3.8, 4) is 11.5 Å². The Hall–Kier alpha value is -3.76. The molecule has 1 aromatic rings. The highest BCUT2D eigenvalue weighted by Crippen LogP contribution is 2.52. The van der Waals surface area contributed by atoms with Gasteiger partial charge in [-0.3, -0.25) is 19.7 Å². The van der Waals surface area contributed by atoms with Crippen LogP contribution in [0.5, 0.6) is 11.5 Å². The van der Waals surface area contributed by atoms with Gasteiger partial charge in [-0.25, -0.2) is 4.79 Å². The summed E-state index contributed by atoms with van der Waals surface area (Å²) in [5.41, 5.74) is -0.230. The van der Waals surface area contributed by atoms with E-state index in [9.17, 15) is 24.5 Å². The maximum atomic E-state index is 12.8. The van der Waals surface area contributed by atoms with E-state index < -0.39 is 34.5 Å². The van der Waals surface area contributed by atoms with Crippen LogP contribution in [0.1, 0.15) is 32.8 Å². The smallest absolute Gasteiger partial charge is 0.347 e. The average molecular weight is 471 g/mol. The standard InChI is InChI=1S/C23H25N3O8/c1-4-32-17-9-13(8-16(26(30)31)20(17)34-12(3)23(29)33-5-2)11-24-25-21(27)18-14-6-7-15(10-14)19(18)22(25)28/h6-9,11-12,14-15,18-19H,4-5,10H2,1-3H3/t12-,14-,15-,18-,19+/m0/s1. The van der Waals surface area contributed by atoms with Crippen LogP contribution in [-0.4, -0.2) is 53.2 Å². The molecule has 0 spiro atoms. The number of benzene rings is 1. The van der Waals surface area contributed by atoms with Crippen LogP contribution in [0.25, 0.3) is 0 Å². The molecule has 5 atom stereocenters. The van der Waals surface area contributed by atoms with Gasteiger partial charge in [-0.05, 0) is 45.1 Å². The molecule has 2 aliphatic carbocycles. The molecule has 1 saturated heterocycles. The maximum Gasteiger partial charge on any atom is 0.347 e. The van der Waals surface area contributed by atoms with Gasteiger partial charge >= 0.3 is 11.7 Å². The molecule has 1 saturated carbocycles. The molecule has 2 fully saturated rings. The number of amides is 2. The van der Waals surface area contributed by atoms with Gasteiger partial charge in [-0.15, -0.1) is 0 Å². The highest BCUT2D eigenvalue weighted by Gasteiger charge is 2.59. The van der Waals surface area contributed by atoms with E-state index >= 15 is 0 Å². The molecule has 2 amide bonds. The van der Waals surface area contributed by atoms with Crippen molar-refractivity contribution >= 4 is 29.7 Å². The monoisotopic (exact) mass is 471 g/mol. The summed E-state index contributed by atoms with van der Waals surface area (Å²) in [5, 5.41) is 16.7. The number of carbonyl (C=O) groups is 3. The van der Waals surface area contributed by atoms with Crippen LogP contribution in [0.2, 0.25) is 0 Å². The second-order valence-corrected chi connectivity index (χ2v) is 8.30. The lowest BCUT2D eigenvalue weighted by Crippen LogP contribution is -2.28. The van der Waals surface area contributed by atoms with Crippen LogP contribution in [-0.2, 0) is 19.1 Å². The highest BCUT2D eigenvalue weighted by molar-refractivity contribution is 6.06. The number of allylic oxidation sites excluding steroid dienone is 2. The summed E-state index contributed by atoms with van der Waals surface area (Å²) in [7, 11) is 0. The molecular formula is C23H25N3O8. The zero-order valence-corrected chi connectivity index (χ0v) is 19.0. The van der Waals surface area contributed by atoms with Gasteiger partial charge in [0.05, 0.1) is 36.2 Å². The first-order valence-corrected chi connectivity index (χ1v) is 11.1. The zero-order chi connectivity index (χ0) is 24.6. The predicted octanol–water partition coefficient (Wildman–Crippen LogP) is 2.46. The number of nitro benzene ring substituents is 1. The van der Waals surface area contributed by atoms with Gasteiger partial charge < -0.3 is 14.2 Å². The quantitative estimate of drug-likeness (QED) is 0.134. The van der Waals surface area contributed by atoms with Crippen molar-refractivity contribution in [2.75, 3.05) is 13.2 Å². The van der Waals surface area contributed by atoms with Crippen LogP contribution in [0.4, 0.5) is 5.69 Å². The molecule has 1 aliphatic heterocycles. The molecule has 0 radical (unpaired) electrons. The normalized spacial score (nSPS) is 25.7. The van der Waals surface area contributed by atoms with E-state index in [0.29, 0.717) is 0 Å². The van der Waals surface area contributed by atoms with Crippen molar-refractivity contribution in [3.63, 3.8) is 0 Å². The first-order valence-electron chi connectivity index (χ1n) is 11.1. The minimum atomic E-state index is -1.11. The van der Waals surface area contributed by atoms with E-state index in [1.165, 1.54) is 25.3 Å². The van der Waals surface area contributed by atoms with E-state index in [1.54, 1.807) is 13.8 Å². The molecule has 1 heterocycles. The number of rotatable bonds is 9. The lowest BCUT2D eigenvalue weighted by molar-refractivity contribution is -0.386. The molecular weight excluding hydrogens is 446 g/mol. The molecule has 4 rings (SSSR count). The fraction of sp³-hybridized carbons (Fsp3) is 0.478. The second-order valence-electron chi connectivity index (χ2n) is 8.30. The van der Waals surface area contributed by atoms with E-state index in [4.69, 9.17) is 14.2 Å². The molecule has 0 N–H and O–H groups in total. The van der Waals surface area contributed by atoms with Crippen LogP contribution in [0.15, 0.2) is 29.4 Å². The minimum Gasteiger partial charge on any atom is -0.490 e. The summed E-state index contributed by atoms with van der Waals surface area (Å²) in [6.07, 6.45) is 4.87. The molecule has 2 bridgehead atoms. The highest BCUT2D eigenvalue weighted by atomic mass is 16.6. The summed E-state index contributed by atoms with van der Waals surface area (Å²) in [5.74, 6) is -2.28. The van der Waals surface area contributed by atoms with Gasteiger partial charge in [0.25, 0.3) is 11.8 Å². The third-order valence-electron chi connectivity index (χ3n) is 6.24. The molecule has 1 aromatic carbocycles. The van der Waals surface area contributed by atoms with Gasteiger partial charge in [0.1, 0.15) is 0 Å². The Morgan fingerprint density at radius 3 is 2.41 bits per heavy atom. The molecule has 11 heteroatoms. The number of hydrazone groups is 1. The van der Waals surface area contributed by atoms with Crippen LogP contribution in [0, 0.1) is 33.8 Å². The topological polar surface area (TPSA) is 138 Å². The first-order chi connectivity index (χ1) is 16.3. The number of nitro groups is 1. The fourth-order valence-corrected chi connectivity index (χ4v) is 4.81. The Morgan fingerprint density at radius 1 is 1.21 bits per heavy atom. The average Bonchev–Trinajstić information content (AvgIpc) is 3.48. The number of nitrogens with zero attached hydrogens (tertiary/aromatic N) is 3. The summed E-state index contributed by atoms with van der Waals surface area (Å²) in [6, 6.07) is 2.61. The van der Waals surface area contributed by atoms with Crippen molar-refractivity contribution in [2.24, 2.45) is 28.8 Å². The maximum absolute atomic E-state index is 12.8. The van der Waals surface area contributed by atoms with Crippen molar-refractivity contribution in [3.05, 3.63) is 40.0 Å². The van der Waals surface area contributed by atoms with Gasteiger partial charge in [-0.2, -0.15) is 10.1 Å². The number of ether oxygens (including phenoxy) is 3. The molecule has 34 heavy (non-hydrogen) atoms. The van der Waals surface area contributed by atoms with Crippen LogP contribution in [0.3, 0.4) is 0 Å². The van der Waals surface area contributed by atoms with Gasteiger partial charge in [0, 0.05) is 11.6 Å². The first kappa shape index (κ1) is 23.4. The third kappa shape index (κ3) is 4.02. The van der Waals surface area contributed by atoms with Crippen molar-refractivity contribution < 1.29 is 33.5 Å². The van der Waals surface area contributed by atoms with Gasteiger partial charge in [0.15, 0.2) is 11.9 Å². The number of fused-ring (bicyclic) bond motifs is 5. The Morgan fingerprint density at radius 2 is 1.85 bits per heavy atom. The van der Waals surface area contributed by atoms with Crippen molar-refractivity contribution in [2.45, 2.75) is 33.3 Å². The lowest BCUT2D eigenvalue weighted by Gasteiger charge is -2.17. The van der Waals surface area contributed by atoms with Gasteiger partial charge in [0.2, 0.25) is 5.75 Å². The van der Waals surface area contributed by atoms with Crippen LogP contribution >= 0.6 is 0 Å². The Labute approximate surface area is 195 Å². The van der Waals surface area contributed by atoms with Crippen molar-refractivity contribution in [1.82, 2.24) is 5.01 Å². The van der Waals surface area contributed by atoms with E-state index in [0.717, 1.165) is 11.4 Å². The van der Waals surface area contributed by atoms with Crippen molar-refractivity contribution in [1.29, 1.82) is 0 Å². The largest absolute Gasteiger partial charge is 0.490 e.